The number of pyridine rings is 2. The minimum atomic E-state index is 1.23. The van der Waals surface area contributed by atoms with E-state index in [9.17, 15) is 0 Å². The zero-order chi connectivity index (χ0) is 16.5. The number of aromatic nitrogens is 2. The van der Waals surface area contributed by atoms with E-state index < -0.39 is 0 Å². The Morgan fingerprint density at radius 3 is 1.54 bits per heavy atom. The van der Waals surface area contributed by atoms with Crippen LogP contribution in [-0.2, 0) is 14.1 Å². The first-order valence-electron chi connectivity index (χ1n) is 8.15. The highest BCUT2D eigenvalue weighted by Gasteiger charge is 2.13. The molecule has 24 heavy (non-hydrogen) atoms. The van der Waals surface area contributed by atoms with Gasteiger partial charge in [0.15, 0.2) is 24.8 Å². The minimum Gasteiger partial charge on any atom is -0.207 e. The van der Waals surface area contributed by atoms with Gasteiger partial charge in [0.25, 0.3) is 0 Å². The molecule has 0 aliphatic carbocycles. The van der Waals surface area contributed by atoms with Gasteiger partial charge in [0.1, 0.15) is 14.1 Å². The fraction of sp³-hybridized carbons (Fsp3) is 0.0909. The number of rotatable bonds is 2. The zero-order valence-electron chi connectivity index (χ0n) is 14.0. The number of benzene rings is 2. The fourth-order valence-electron chi connectivity index (χ4n) is 3.32. The third kappa shape index (κ3) is 2.56. The van der Waals surface area contributed by atoms with Gasteiger partial charge in [-0.15, -0.1) is 0 Å². The van der Waals surface area contributed by atoms with E-state index >= 15 is 0 Å². The molecule has 2 heteroatoms. The molecule has 0 fully saturated rings. The minimum absolute atomic E-state index is 1.23. The van der Waals surface area contributed by atoms with Crippen molar-refractivity contribution in [3.05, 3.63) is 85.5 Å². The van der Waals surface area contributed by atoms with Crippen LogP contribution < -0.4 is 9.13 Å². The Morgan fingerprint density at radius 1 is 0.583 bits per heavy atom. The van der Waals surface area contributed by atoms with Crippen LogP contribution in [0.1, 0.15) is 0 Å². The van der Waals surface area contributed by atoms with E-state index in [4.69, 9.17) is 0 Å². The molecule has 0 saturated heterocycles. The Morgan fingerprint density at radius 2 is 1.08 bits per heavy atom. The van der Waals surface area contributed by atoms with Gasteiger partial charge in [-0.25, -0.2) is 9.13 Å². The Balaban J connectivity index is 2.06. The van der Waals surface area contributed by atoms with Crippen molar-refractivity contribution in [2.24, 2.45) is 14.1 Å². The van der Waals surface area contributed by atoms with Crippen LogP contribution in [-0.4, -0.2) is 0 Å². The number of fused-ring (bicyclic) bond motifs is 1. The van der Waals surface area contributed by atoms with Gasteiger partial charge < -0.3 is 0 Å². The number of hydrogen-bond donors (Lipinski definition) is 0. The molecule has 2 aromatic carbocycles. The first-order chi connectivity index (χ1) is 11.7. The van der Waals surface area contributed by atoms with Crippen molar-refractivity contribution in [2.75, 3.05) is 0 Å². The number of hydrogen-bond acceptors (Lipinski definition) is 0. The normalized spacial score (nSPS) is 10.9. The van der Waals surface area contributed by atoms with E-state index in [0.29, 0.717) is 0 Å². The van der Waals surface area contributed by atoms with Crippen LogP contribution in [0.15, 0.2) is 85.5 Å². The summed E-state index contributed by atoms with van der Waals surface area (Å²) in [6, 6.07) is 21.6. The molecule has 4 rings (SSSR count). The standard InChI is InChI=1S/C22H20N2/c1-23-13-5-9-18(15-23)20-11-3-7-17-8-4-12-21(22(17)20)19-10-6-14-24(2)16-19/h3-16H,1-2H3/q+2. The summed E-state index contributed by atoms with van der Waals surface area (Å²) in [6.45, 7) is 0. The predicted octanol–water partition coefficient (Wildman–Crippen LogP) is 3.82. The molecule has 0 spiro atoms. The highest BCUT2D eigenvalue weighted by molar-refractivity contribution is 6.06. The van der Waals surface area contributed by atoms with E-state index in [2.05, 4.69) is 109 Å². The van der Waals surface area contributed by atoms with Gasteiger partial charge in [0, 0.05) is 23.3 Å². The number of aryl methyl sites for hydroxylation is 2. The van der Waals surface area contributed by atoms with E-state index in [1.165, 1.54) is 33.0 Å². The molecule has 0 aliphatic heterocycles. The second kappa shape index (κ2) is 5.89. The van der Waals surface area contributed by atoms with Gasteiger partial charge >= 0.3 is 0 Å². The third-order valence-corrected chi connectivity index (χ3v) is 4.41. The molecule has 2 nitrogen and oxygen atoms in total. The summed E-state index contributed by atoms with van der Waals surface area (Å²) in [5.41, 5.74) is 5.01. The quantitative estimate of drug-likeness (QED) is 0.497. The second-order valence-electron chi connectivity index (χ2n) is 6.23. The van der Waals surface area contributed by atoms with E-state index in [1.54, 1.807) is 0 Å². The largest absolute Gasteiger partial charge is 0.207 e. The highest BCUT2D eigenvalue weighted by Crippen LogP contribution is 2.35. The average Bonchev–Trinajstić information content (AvgIpc) is 2.60. The summed E-state index contributed by atoms with van der Waals surface area (Å²) in [6.07, 6.45) is 8.48. The van der Waals surface area contributed by atoms with Crippen molar-refractivity contribution < 1.29 is 9.13 Å². The van der Waals surface area contributed by atoms with Crippen molar-refractivity contribution in [1.82, 2.24) is 0 Å². The summed E-state index contributed by atoms with van der Waals surface area (Å²) < 4.78 is 4.19. The predicted molar refractivity (Wildman–Crippen MR) is 97.2 cm³/mol. The lowest BCUT2D eigenvalue weighted by molar-refractivity contribution is -0.671. The lowest BCUT2D eigenvalue weighted by atomic mass is 9.92. The maximum atomic E-state index is 2.21. The van der Waals surface area contributed by atoms with Crippen molar-refractivity contribution >= 4 is 10.8 Å². The van der Waals surface area contributed by atoms with Crippen LogP contribution in [0.5, 0.6) is 0 Å². The zero-order valence-corrected chi connectivity index (χ0v) is 14.0. The average molecular weight is 312 g/mol. The molecule has 0 radical (unpaired) electrons. The summed E-state index contributed by atoms with van der Waals surface area (Å²) in [4.78, 5) is 0. The molecule has 0 bridgehead atoms. The first-order valence-corrected chi connectivity index (χ1v) is 8.15. The first kappa shape index (κ1) is 14.6. The maximum Gasteiger partial charge on any atom is 0.176 e. The van der Waals surface area contributed by atoms with E-state index in [1.807, 2.05) is 0 Å². The Kier molecular flexibility index (Phi) is 3.58. The number of nitrogens with zero attached hydrogens (tertiary/aromatic N) is 2. The Hall–Kier alpha value is -3.00. The molecule has 2 aromatic heterocycles. The van der Waals surface area contributed by atoms with Crippen molar-refractivity contribution in [3.63, 3.8) is 0 Å². The smallest absolute Gasteiger partial charge is 0.176 e. The fourth-order valence-corrected chi connectivity index (χ4v) is 3.32. The van der Waals surface area contributed by atoms with Gasteiger partial charge in [-0.3, -0.25) is 0 Å². The summed E-state index contributed by atoms with van der Waals surface area (Å²) in [7, 11) is 4.12. The van der Waals surface area contributed by atoms with Crippen molar-refractivity contribution in [1.29, 1.82) is 0 Å². The molecule has 2 heterocycles. The molecule has 0 N–H and O–H groups in total. The molecule has 0 atom stereocenters. The molecule has 0 unspecified atom stereocenters. The van der Waals surface area contributed by atoms with Gasteiger partial charge in [0.05, 0.1) is 0 Å². The summed E-state index contributed by atoms with van der Waals surface area (Å²) in [5, 5.41) is 2.57. The van der Waals surface area contributed by atoms with E-state index in [-0.39, 0.29) is 0 Å². The van der Waals surface area contributed by atoms with Gasteiger partial charge in [-0.05, 0) is 34.0 Å². The van der Waals surface area contributed by atoms with Gasteiger partial charge in [-0.1, -0.05) is 36.4 Å². The molecule has 4 aromatic rings. The molecular formula is C22H20N2+2. The maximum absolute atomic E-state index is 2.21. The van der Waals surface area contributed by atoms with Crippen LogP contribution in [0, 0.1) is 0 Å². The molecule has 0 amide bonds. The van der Waals surface area contributed by atoms with Crippen LogP contribution in [0.3, 0.4) is 0 Å². The topological polar surface area (TPSA) is 7.76 Å². The highest BCUT2D eigenvalue weighted by atomic mass is 14.9. The van der Waals surface area contributed by atoms with Crippen LogP contribution in [0.2, 0.25) is 0 Å². The van der Waals surface area contributed by atoms with Gasteiger partial charge in [0.2, 0.25) is 0 Å². The van der Waals surface area contributed by atoms with Crippen LogP contribution >= 0.6 is 0 Å². The molecular weight excluding hydrogens is 292 g/mol. The third-order valence-electron chi connectivity index (χ3n) is 4.41. The lowest BCUT2D eigenvalue weighted by Gasteiger charge is -2.11. The van der Waals surface area contributed by atoms with Crippen molar-refractivity contribution in [2.45, 2.75) is 0 Å². The second-order valence-corrected chi connectivity index (χ2v) is 6.23. The molecule has 116 valence electrons. The lowest BCUT2D eigenvalue weighted by Crippen LogP contribution is -2.26. The Bertz CT molecular complexity index is 954. The summed E-state index contributed by atoms with van der Waals surface area (Å²) >= 11 is 0. The van der Waals surface area contributed by atoms with E-state index in [0.717, 1.165) is 0 Å². The SMILES string of the molecule is C[n+]1cccc(-c2cccc3cccc(-c4ccc[n+](C)c4)c23)c1. The Labute approximate surface area is 142 Å². The van der Waals surface area contributed by atoms with Crippen molar-refractivity contribution in [3.8, 4) is 22.3 Å². The molecule has 0 saturated carbocycles. The van der Waals surface area contributed by atoms with Crippen LogP contribution in [0.25, 0.3) is 33.0 Å². The monoisotopic (exact) mass is 312 g/mol. The summed E-state index contributed by atoms with van der Waals surface area (Å²) in [5.74, 6) is 0. The molecule has 0 aliphatic rings. The van der Waals surface area contributed by atoms with Gasteiger partial charge in [-0.2, -0.15) is 0 Å². The van der Waals surface area contributed by atoms with Crippen LogP contribution in [0.4, 0.5) is 0 Å².